The van der Waals surface area contributed by atoms with Crippen LogP contribution in [0.5, 0.6) is 11.5 Å². The summed E-state index contributed by atoms with van der Waals surface area (Å²) in [6.07, 6.45) is 0.601. The van der Waals surface area contributed by atoms with Crippen LogP contribution in [0.1, 0.15) is 37.6 Å². The summed E-state index contributed by atoms with van der Waals surface area (Å²) in [4.78, 5) is 25.6. The van der Waals surface area contributed by atoms with Crippen LogP contribution in [-0.4, -0.2) is 48.2 Å². The number of likely N-dealkylation sites (tertiary alicyclic amines) is 1. The van der Waals surface area contributed by atoms with Crippen LogP contribution < -0.4 is 9.47 Å². The molecule has 6 heteroatoms. The van der Waals surface area contributed by atoms with Gasteiger partial charge in [-0.3, -0.25) is 9.59 Å². The molecule has 2 rings (SSSR count). The smallest absolute Gasteiger partial charge is 0.308 e. The molecular formula is C18H25NO5. The van der Waals surface area contributed by atoms with Crippen molar-refractivity contribution in [2.75, 3.05) is 20.2 Å². The summed E-state index contributed by atoms with van der Waals surface area (Å²) in [6, 6.07) is 5.06. The Balaban J connectivity index is 2.21. The van der Waals surface area contributed by atoms with E-state index in [0.717, 1.165) is 0 Å². The highest BCUT2D eigenvalue weighted by Gasteiger charge is 2.32. The summed E-state index contributed by atoms with van der Waals surface area (Å²) in [5, 5.41) is 9.25. The van der Waals surface area contributed by atoms with Crippen LogP contribution in [0.4, 0.5) is 0 Å². The number of benzene rings is 1. The Hall–Kier alpha value is -2.24. The van der Waals surface area contributed by atoms with Crippen molar-refractivity contribution in [2.45, 2.75) is 33.3 Å². The van der Waals surface area contributed by atoms with Crippen LogP contribution in [0.2, 0.25) is 0 Å². The number of methoxy groups -OCH3 is 1. The molecule has 1 fully saturated rings. The zero-order valence-electron chi connectivity index (χ0n) is 14.6. The van der Waals surface area contributed by atoms with Gasteiger partial charge >= 0.3 is 5.97 Å². The zero-order valence-corrected chi connectivity index (χ0v) is 14.6. The maximum atomic E-state index is 12.8. The Labute approximate surface area is 142 Å². The molecule has 6 nitrogen and oxygen atoms in total. The highest BCUT2D eigenvalue weighted by atomic mass is 16.5. The molecule has 0 spiro atoms. The number of rotatable bonds is 5. The van der Waals surface area contributed by atoms with Gasteiger partial charge in [-0.1, -0.05) is 6.92 Å². The number of nitrogens with zero attached hydrogens (tertiary/aromatic N) is 1. The summed E-state index contributed by atoms with van der Waals surface area (Å²) >= 11 is 0. The first-order valence-electron chi connectivity index (χ1n) is 8.18. The predicted molar refractivity (Wildman–Crippen MR) is 89.6 cm³/mol. The quantitative estimate of drug-likeness (QED) is 0.895. The highest BCUT2D eigenvalue weighted by Crippen LogP contribution is 2.30. The molecule has 132 valence electrons. The first-order valence-corrected chi connectivity index (χ1v) is 8.18. The van der Waals surface area contributed by atoms with E-state index in [1.165, 1.54) is 7.11 Å². The first kappa shape index (κ1) is 18.1. The number of amides is 1. The summed E-state index contributed by atoms with van der Waals surface area (Å²) in [5.74, 6) is -0.300. The van der Waals surface area contributed by atoms with Gasteiger partial charge in [0.2, 0.25) is 0 Å². The second kappa shape index (κ2) is 7.55. The van der Waals surface area contributed by atoms with Gasteiger partial charge in [-0.15, -0.1) is 0 Å². The summed E-state index contributed by atoms with van der Waals surface area (Å²) in [6.45, 7) is 6.61. The minimum absolute atomic E-state index is 0.000259. The third-order valence-electron chi connectivity index (χ3n) is 4.07. The average molecular weight is 335 g/mol. The van der Waals surface area contributed by atoms with Gasteiger partial charge in [0, 0.05) is 18.7 Å². The number of carbonyl (C=O) groups is 2. The molecule has 0 aromatic heterocycles. The molecule has 2 atom stereocenters. The fourth-order valence-corrected chi connectivity index (χ4v) is 3.03. The van der Waals surface area contributed by atoms with Gasteiger partial charge in [0.05, 0.1) is 19.1 Å². The van der Waals surface area contributed by atoms with Crippen LogP contribution in [0.3, 0.4) is 0 Å². The number of piperidine rings is 1. The minimum Gasteiger partial charge on any atom is -0.493 e. The van der Waals surface area contributed by atoms with Gasteiger partial charge in [0.15, 0.2) is 11.5 Å². The number of ether oxygens (including phenoxy) is 2. The largest absolute Gasteiger partial charge is 0.493 e. The van der Waals surface area contributed by atoms with E-state index in [-0.39, 0.29) is 24.5 Å². The van der Waals surface area contributed by atoms with Gasteiger partial charge in [-0.05, 0) is 44.4 Å². The number of carbonyl (C=O) groups excluding carboxylic acids is 1. The fraction of sp³-hybridized carbons (Fsp3) is 0.556. The lowest BCUT2D eigenvalue weighted by Gasteiger charge is -2.34. The molecule has 1 aliphatic rings. The molecule has 1 saturated heterocycles. The van der Waals surface area contributed by atoms with E-state index < -0.39 is 11.9 Å². The standard InChI is InChI=1S/C18H25NO5/c1-11(2)24-15-6-5-13(8-16(15)23-4)17(20)19-9-12(3)7-14(10-19)18(21)22/h5-6,8,11-12,14H,7,9-10H2,1-4H3,(H,21,22). The second-order valence-corrected chi connectivity index (χ2v) is 6.62. The molecule has 0 bridgehead atoms. The van der Waals surface area contributed by atoms with Crippen LogP contribution in [-0.2, 0) is 4.79 Å². The number of carboxylic acid groups (broad SMARTS) is 1. The van der Waals surface area contributed by atoms with Gasteiger partial charge < -0.3 is 19.5 Å². The molecule has 1 N–H and O–H groups in total. The SMILES string of the molecule is COc1cc(C(=O)N2CC(C)CC(C(=O)O)C2)ccc1OC(C)C. The zero-order chi connectivity index (χ0) is 17.9. The molecule has 24 heavy (non-hydrogen) atoms. The van der Waals surface area contributed by atoms with E-state index in [1.54, 1.807) is 23.1 Å². The third-order valence-corrected chi connectivity index (χ3v) is 4.07. The molecule has 2 unspecified atom stereocenters. The highest BCUT2D eigenvalue weighted by molar-refractivity contribution is 5.95. The van der Waals surface area contributed by atoms with Crippen LogP contribution in [0, 0.1) is 11.8 Å². The minimum atomic E-state index is -0.849. The normalized spacial score (nSPS) is 20.8. The number of hydrogen-bond donors (Lipinski definition) is 1. The lowest BCUT2D eigenvalue weighted by molar-refractivity contribution is -0.143. The predicted octanol–water partition coefficient (Wildman–Crippen LogP) is 2.67. The van der Waals surface area contributed by atoms with Crippen molar-refractivity contribution >= 4 is 11.9 Å². The fourth-order valence-electron chi connectivity index (χ4n) is 3.03. The van der Waals surface area contributed by atoms with Gasteiger partial charge in [0.1, 0.15) is 0 Å². The van der Waals surface area contributed by atoms with Crippen molar-refractivity contribution in [3.05, 3.63) is 23.8 Å². The van der Waals surface area contributed by atoms with Crippen LogP contribution in [0.25, 0.3) is 0 Å². The summed E-state index contributed by atoms with van der Waals surface area (Å²) in [7, 11) is 1.53. The topological polar surface area (TPSA) is 76.1 Å². The van der Waals surface area contributed by atoms with Crippen molar-refractivity contribution in [3.8, 4) is 11.5 Å². The summed E-state index contributed by atoms with van der Waals surface area (Å²) in [5.41, 5.74) is 0.473. The Morgan fingerprint density at radius 2 is 1.96 bits per heavy atom. The Kier molecular flexibility index (Phi) is 5.70. The van der Waals surface area contributed by atoms with Crippen molar-refractivity contribution in [1.82, 2.24) is 4.90 Å². The third kappa shape index (κ3) is 4.19. The van der Waals surface area contributed by atoms with Gasteiger partial charge in [-0.25, -0.2) is 0 Å². The first-order chi connectivity index (χ1) is 11.3. The average Bonchev–Trinajstić information content (AvgIpc) is 2.53. The Bertz CT molecular complexity index is 613. The van der Waals surface area contributed by atoms with E-state index in [2.05, 4.69) is 0 Å². The molecular weight excluding hydrogens is 310 g/mol. The maximum absolute atomic E-state index is 12.8. The molecule has 1 heterocycles. The maximum Gasteiger partial charge on any atom is 0.308 e. The Morgan fingerprint density at radius 1 is 1.25 bits per heavy atom. The monoisotopic (exact) mass is 335 g/mol. The number of carboxylic acids is 1. The molecule has 1 aromatic carbocycles. The molecule has 1 aliphatic heterocycles. The van der Waals surface area contributed by atoms with E-state index in [0.29, 0.717) is 30.0 Å². The van der Waals surface area contributed by atoms with Crippen LogP contribution in [0.15, 0.2) is 18.2 Å². The lowest BCUT2D eigenvalue weighted by atomic mass is 9.90. The van der Waals surface area contributed by atoms with E-state index in [4.69, 9.17) is 9.47 Å². The van der Waals surface area contributed by atoms with E-state index >= 15 is 0 Å². The van der Waals surface area contributed by atoms with Crippen LogP contribution >= 0.6 is 0 Å². The number of hydrogen-bond acceptors (Lipinski definition) is 4. The van der Waals surface area contributed by atoms with Gasteiger partial charge in [-0.2, -0.15) is 0 Å². The van der Waals surface area contributed by atoms with Crippen molar-refractivity contribution in [3.63, 3.8) is 0 Å². The Morgan fingerprint density at radius 3 is 2.54 bits per heavy atom. The summed E-state index contributed by atoms with van der Waals surface area (Å²) < 4.78 is 11.0. The molecule has 0 saturated carbocycles. The van der Waals surface area contributed by atoms with E-state index in [9.17, 15) is 14.7 Å². The molecule has 0 aliphatic carbocycles. The number of aliphatic carboxylic acids is 1. The van der Waals surface area contributed by atoms with Crippen molar-refractivity contribution in [2.24, 2.45) is 11.8 Å². The van der Waals surface area contributed by atoms with Gasteiger partial charge in [0.25, 0.3) is 5.91 Å². The molecule has 1 amide bonds. The second-order valence-electron chi connectivity index (χ2n) is 6.62. The molecule has 1 aromatic rings. The molecule has 0 radical (unpaired) electrons. The van der Waals surface area contributed by atoms with Crippen molar-refractivity contribution < 1.29 is 24.2 Å². The van der Waals surface area contributed by atoms with Crippen molar-refractivity contribution in [1.29, 1.82) is 0 Å². The van der Waals surface area contributed by atoms with E-state index in [1.807, 2.05) is 20.8 Å². The lowest BCUT2D eigenvalue weighted by Crippen LogP contribution is -2.45.